The van der Waals surface area contributed by atoms with Crippen molar-refractivity contribution in [1.82, 2.24) is 19.5 Å². The molecule has 1 amide bonds. The second-order valence-electron chi connectivity index (χ2n) is 6.19. The Hall–Kier alpha value is -3.04. The number of anilines is 1. The van der Waals surface area contributed by atoms with Crippen molar-refractivity contribution in [3.05, 3.63) is 71.2 Å². The number of thioether (sulfide) groups is 1. The summed E-state index contributed by atoms with van der Waals surface area (Å²) in [5.74, 6) is 1.72. The van der Waals surface area contributed by atoms with Crippen LogP contribution in [0.5, 0.6) is 0 Å². The van der Waals surface area contributed by atoms with E-state index in [9.17, 15) is 4.79 Å². The van der Waals surface area contributed by atoms with Crippen LogP contribution in [0.3, 0.4) is 0 Å². The van der Waals surface area contributed by atoms with Crippen molar-refractivity contribution in [1.29, 1.82) is 0 Å². The topological polar surface area (TPSA) is 93.8 Å². The molecule has 1 aromatic carbocycles. The zero-order valence-corrected chi connectivity index (χ0v) is 17.4. The molecule has 0 unspecified atom stereocenters. The van der Waals surface area contributed by atoms with E-state index < -0.39 is 0 Å². The molecule has 0 radical (unpaired) electrons. The van der Waals surface area contributed by atoms with E-state index in [2.05, 4.69) is 24.8 Å². The lowest BCUT2D eigenvalue weighted by atomic mass is 10.2. The Balaban J connectivity index is 1.49. The third kappa shape index (κ3) is 4.36. The summed E-state index contributed by atoms with van der Waals surface area (Å²) in [6.45, 7) is 3.78. The fourth-order valence-electron chi connectivity index (χ4n) is 2.67. The minimum Gasteiger partial charge on any atom is -0.361 e. The second kappa shape index (κ2) is 8.54. The van der Waals surface area contributed by atoms with Crippen molar-refractivity contribution in [2.75, 3.05) is 5.32 Å². The number of aromatic nitrogens is 4. The second-order valence-corrected chi connectivity index (χ2v) is 7.91. The molecule has 0 aliphatic carbocycles. The van der Waals surface area contributed by atoms with Crippen LogP contribution in [0.1, 0.15) is 27.4 Å². The first-order valence-corrected chi connectivity index (χ1v) is 10.6. The van der Waals surface area contributed by atoms with Crippen LogP contribution in [0.15, 0.2) is 58.2 Å². The summed E-state index contributed by atoms with van der Waals surface area (Å²) in [7, 11) is 0. The van der Waals surface area contributed by atoms with Gasteiger partial charge in [-0.05, 0) is 26.0 Å². The number of carbonyl (C=O) groups is 1. The first-order valence-electron chi connectivity index (χ1n) is 8.82. The molecule has 29 heavy (non-hydrogen) atoms. The van der Waals surface area contributed by atoms with E-state index in [0.29, 0.717) is 27.3 Å². The Kier molecular flexibility index (Phi) is 5.68. The largest absolute Gasteiger partial charge is 0.361 e. The van der Waals surface area contributed by atoms with Gasteiger partial charge in [0.05, 0.1) is 11.3 Å². The van der Waals surface area contributed by atoms with Crippen LogP contribution in [0.2, 0.25) is 0 Å². The van der Waals surface area contributed by atoms with Gasteiger partial charge >= 0.3 is 0 Å². The molecule has 0 spiro atoms. The Morgan fingerprint density at radius 3 is 2.76 bits per heavy atom. The highest BCUT2D eigenvalue weighted by Gasteiger charge is 2.17. The van der Waals surface area contributed by atoms with Gasteiger partial charge in [-0.1, -0.05) is 35.5 Å². The smallest absolute Gasteiger partial charge is 0.260 e. The average molecular weight is 424 g/mol. The number of nitrogens with one attached hydrogen (secondary N) is 1. The normalized spacial score (nSPS) is 10.8. The van der Waals surface area contributed by atoms with Gasteiger partial charge in [0.25, 0.3) is 5.91 Å². The molecule has 0 bridgehead atoms. The van der Waals surface area contributed by atoms with Crippen LogP contribution in [0, 0.1) is 13.8 Å². The summed E-state index contributed by atoms with van der Waals surface area (Å²) < 4.78 is 9.53. The van der Waals surface area contributed by atoms with Gasteiger partial charge in [-0.15, -0.1) is 11.8 Å². The molecule has 0 saturated heterocycles. The van der Waals surface area contributed by atoms with Crippen molar-refractivity contribution in [2.45, 2.75) is 24.6 Å². The number of carbonyl (C=O) groups excluding carboxylic acids is 1. The fourth-order valence-corrected chi connectivity index (χ4v) is 4.40. The molecule has 4 aromatic rings. The number of pyridine rings is 1. The van der Waals surface area contributed by atoms with Crippen molar-refractivity contribution in [3.63, 3.8) is 0 Å². The molecule has 1 N–H and O–H groups in total. The number of rotatable bonds is 6. The summed E-state index contributed by atoms with van der Waals surface area (Å²) in [6, 6.07) is 13.1. The quantitative estimate of drug-likeness (QED) is 0.447. The molecule has 0 aliphatic heterocycles. The van der Waals surface area contributed by atoms with E-state index in [-0.39, 0.29) is 5.91 Å². The van der Waals surface area contributed by atoms with Crippen molar-refractivity contribution < 1.29 is 9.32 Å². The molecule has 3 aromatic heterocycles. The maximum absolute atomic E-state index is 12.8. The van der Waals surface area contributed by atoms with E-state index in [1.165, 1.54) is 11.8 Å². The molecule has 146 valence electrons. The third-order valence-corrected chi connectivity index (χ3v) is 5.89. The molecule has 7 nitrogen and oxygen atoms in total. The number of amides is 1. The third-order valence-electron chi connectivity index (χ3n) is 4.23. The van der Waals surface area contributed by atoms with E-state index >= 15 is 0 Å². The maximum Gasteiger partial charge on any atom is 0.260 e. The zero-order chi connectivity index (χ0) is 20.2. The standard InChI is InChI=1S/C20H17N5O2S2/c1-12-16(13(2)27-24-12)11-28-19-15(9-6-10-21-19)18(26)23-20-22-17(25-29-20)14-7-4-3-5-8-14/h3-10H,11H2,1-2H3,(H,22,23,25,26). The number of benzene rings is 1. The lowest BCUT2D eigenvalue weighted by Gasteiger charge is -2.07. The highest BCUT2D eigenvalue weighted by Crippen LogP contribution is 2.28. The first kappa shape index (κ1) is 19.3. The van der Waals surface area contributed by atoms with Gasteiger partial charge in [0, 0.05) is 34.6 Å². The van der Waals surface area contributed by atoms with E-state index in [1.807, 2.05) is 44.2 Å². The Morgan fingerprint density at radius 2 is 2.00 bits per heavy atom. The minimum absolute atomic E-state index is 0.268. The van der Waals surface area contributed by atoms with Gasteiger partial charge in [0.2, 0.25) is 5.13 Å². The van der Waals surface area contributed by atoms with Gasteiger partial charge in [-0.25, -0.2) is 4.98 Å². The van der Waals surface area contributed by atoms with Crippen molar-refractivity contribution in [2.24, 2.45) is 0 Å². The lowest BCUT2D eigenvalue weighted by Crippen LogP contribution is -2.13. The van der Waals surface area contributed by atoms with Crippen molar-refractivity contribution in [3.8, 4) is 11.4 Å². The van der Waals surface area contributed by atoms with Crippen LogP contribution < -0.4 is 5.32 Å². The molecule has 0 saturated carbocycles. The molecule has 0 aliphatic rings. The summed E-state index contributed by atoms with van der Waals surface area (Å²) in [5.41, 5.74) is 3.25. The van der Waals surface area contributed by atoms with Crippen LogP contribution >= 0.6 is 23.3 Å². The van der Waals surface area contributed by atoms with Gasteiger partial charge in [-0.2, -0.15) is 9.36 Å². The summed E-state index contributed by atoms with van der Waals surface area (Å²) >= 11 is 2.62. The number of hydrogen-bond acceptors (Lipinski definition) is 8. The molecule has 3 heterocycles. The van der Waals surface area contributed by atoms with Crippen LogP contribution in [0.25, 0.3) is 11.4 Å². The van der Waals surface area contributed by atoms with Gasteiger partial charge < -0.3 is 4.52 Å². The Morgan fingerprint density at radius 1 is 1.17 bits per heavy atom. The monoisotopic (exact) mass is 423 g/mol. The van der Waals surface area contributed by atoms with E-state index in [0.717, 1.165) is 34.1 Å². The highest BCUT2D eigenvalue weighted by atomic mass is 32.2. The molecule has 0 fully saturated rings. The summed E-state index contributed by atoms with van der Waals surface area (Å²) in [5, 5.41) is 7.87. The molecule has 9 heteroatoms. The summed E-state index contributed by atoms with van der Waals surface area (Å²) in [6.07, 6.45) is 1.67. The van der Waals surface area contributed by atoms with Gasteiger partial charge in [0.1, 0.15) is 10.8 Å². The minimum atomic E-state index is -0.268. The van der Waals surface area contributed by atoms with Crippen molar-refractivity contribution >= 4 is 34.3 Å². The lowest BCUT2D eigenvalue weighted by molar-refractivity contribution is 0.102. The predicted molar refractivity (Wildman–Crippen MR) is 113 cm³/mol. The average Bonchev–Trinajstić information content (AvgIpc) is 3.34. The van der Waals surface area contributed by atoms with Crippen LogP contribution in [0.4, 0.5) is 5.13 Å². The molecule has 4 rings (SSSR count). The Labute approximate surface area is 175 Å². The van der Waals surface area contributed by atoms with Gasteiger partial charge in [0.15, 0.2) is 5.82 Å². The first-order chi connectivity index (χ1) is 14.1. The summed E-state index contributed by atoms with van der Waals surface area (Å²) in [4.78, 5) is 21.6. The predicted octanol–water partition coefficient (Wildman–Crippen LogP) is 4.75. The number of hydrogen-bond donors (Lipinski definition) is 1. The van der Waals surface area contributed by atoms with Gasteiger partial charge in [-0.3, -0.25) is 10.1 Å². The maximum atomic E-state index is 12.8. The number of nitrogens with zero attached hydrogens (tertiary/aromatic N) is 4. The molecular formula is C20H17N5O2S2. The van der Waals surface area contributed by atoms with E-state index in [4.69, 9.17) is 4.52 Å². The Bertz CT molecular complexity index is 1120. The molecular weight excluding hydrogens is 406 g/mol. The number of aryl methyl sites for hydroxylation is 2. The fraction of sp³-hybridized carbons (Fsp3) is 0.150. The van der Waals surface area contributed by atoms with E-state index in [1.54, 1.807) is 18.3 Å². The van der Waals surface area contributed by atoms with Crippen LogP contribution in [-0.2, 0) is 5.75 Å². The molecule has 0 atom stereocenters. The highest BCUT2D eigenvalue weighted by molar-refractivity contribution is 7.98. The van der Waals surface area contributed by atoms with Crippen LogP contribution in [-0.4, -0.2) is 25.4 Å². The SMILES string of the molecule is Cc1noc(C)c1CSc1ncccc1C(=O)Nc1nc(-c2ccccc2)ns1. The zero-order valence-electron chi connectivity index (χ0n) is 15.7.